The molecule has 0 atom stereocenters. The Morgan fingerprint density at radius 2 is 1.55 bits per heavy atom. The van der Waals surface area contributed by atoms with E-state index >= 15 is 4.39 Å². The lowest BCUT2D eigenvalue weighted by atomic mass is 9.84. The third-order valence-electron chi connectivity index (χ3n) is 5.44. The quantitative estimate of drug-likeness (QED) is 0.345. The van der Waals surface area contributed by atoms with E-state index in [2.05, 4.69) is 93.7 Å². The second-order valence-electron chi connectivity index (χ2n) is 9.80. The van der Waals surface area contributed by atoms with Crippen LogP contribution in [0.5, 0.6) is 0 Å². The van der Waals surface area contributed by atoms with Gasteiger partial charge < -0.3 is 0 Å². The first-order chi connectivity index (χ1) is 13.6. The topological polar surface area (TPSA) is 16.8 Å². The molecule has 0 saturated heterocycles. The van der Waals surface area contributed by atoms with Gasteiger partial charge in [-0.25, -0.2) is 4.39 Å². The Kier molecular flexibility index (Phi) is 4.45. The van der Waals surface area contributed by atoms with Crippen molar-refractivity contribution < 1.29 is 8.96 Å². The van der Waals surface area contributed by atoms with Crippen molar-refractivity contribution in [1.82, 2.24) is 4.98 Å². The SMILES string of the molecule is CC(C)(C)c1ccnc2c(F)cc(-[n+]3ccc4ccccc4c3C(C)(C)C)cc12. The van der Waals surface area contributed by atoms with Crippen molar-refractivity contribution in [1.29, 1.82) is 0 Å². The molecule has 2 nitrogen and oxygen atoms in total. The van der Waals surface area contributed by atoms with Crippen LogP contribution in [0.15, 0.2) is 60.9 Å². The van der Waals surface area contributed by atoms with E-state index in [1.165, 1.54) is 10.8 Å². The molecular weight excluding hydrogens is 359 g/mol. The first-order valence-corrected chi connectivity index (χ1v) is 10.1. The molecule has 2 heterocycles. The molecule has 0 N–H and O–H groups in total. The first-order valence-electron chi connectivity index (χ1n) is 10.1. The summed E-state index contributed by atoms with van der Waals surface area (Å²) in [6.45, 7) is 13.0. The Morgan fingerprint density at radius 1 is 0.828 bits per heavy atom. The molecule has 2 aromatic carbocycles. The summed E-state index contributed by atoms with van der Waals surface area (Å²) in [6, 6.07) is 16.2. The minimum absolute atomic E-state index is 0.104. The van der Waals surface area contributed by atoms with Crippen LogP contribution < -0.4 is 4.57 Å². The predicted octanol–water partition coefficient (Wildman–Crippen LogP) is 6.40. The predicted molar refractivity (Wildman–Crippen MR) is 118 cm³/mol. The van der Waals surface area contributed by atoms with Crippen molar-refractivity contribution in [3.05, 3.63) is 78.0 Å². The number of nitrogens with zero attached hydrogens (tertiary/aromatic N) is 2. The van der Waals surface area contributed by atoms with Crippen LogP contribution in [-0.2, 0) is 10.8 Å². The highest BCUT2D eigenvalue weighted by molar-refractivity contribution is 5.86. The Labute approximate surface area is 172 Å². The second-order valence-corrected chi connectivity index (χ2v) is 9.80. The Hall–Kier alpha value is -2.81. The van der Waals surface area contributed by atoms with E-state index in [0.29, 0.717) is 5.52 Å². The van der Waals surface area contributed by atoms with E-state index in [0.717, 1.165) is 22.3 Å². The van der Waals surface area contributed by atoms with Gasteiger partial charge in [-0.2, -0.15) is 4.57 Å². The lowest BCUT2D eigenvalue weighted by Gasteiger charge is -2.22. The monoisotopic (exact) mass is 387 g/mol. The van der Waals surface area contributed by atoms with E-state index in [1.54, 1.807) is 12.3 Å². The maximum atomic E-state index is 15.2. The summed E-state index contributed by atoms with van der Waals surface area (Å²) in [7, 11) is 0. The molecule has 3 heteroatoms. The van der Waals surface area contributed by atoms with Gasteiger partial charge in [-0.1, -0.05) is 59.7 Å². The van der Waals surface area contributed by atoms with E-state index < -0.39 is 0 Å². The molecule has 0 aliphatic rings. The molecule has 148 valence electrons. The van der Waals surface area contributed by atoms with Gasteiger partial charge in [0, 0.05) is 35.2 Å². The van der Waals surface area contributed by atoms with Gasteiger partial charge in [0.05, 0.1) is 5.39 Å². The fourth-order valence-corrected chi connectivity index (χ4v) is 4.19. The fourth-order valence-electron chi connectivity index (χ4n) is 4.19. The highest BCUT2D eigenvalue weighted by Crippen LogP contribution is 2.32. The molecule has 0 aliphatic heterocycles. The maximum absolute atomic E-state index is 15.2. The Bertz CT molecular complexity index is 1230. The molecule has 29 heavy (non-hydrogen) atoms. The van der Waals surface area contributed by atoms with Gasteiger partial charge in [-0.05, 0) is 28.5 Å². The molecule has 0 saturated carbocycles. The standard InChI is InChI=1S/C26H28FN2/c1-25(2,3)21-11-13-28-23-20(21)15-18(16-22(23)27)29-14-12-17-9-7-8-10-19(17)24(29)26(4,5)6/h7-16H,1-6H3/q+1. The van der Waals surface area contributed by atoms with Crippen LogP contribution in [0.3, 0.4) is 0 Å². The van der Waals surface area contributed by atoms with E-state index in [9.17, 15) is 0 Å². The number of pyridine rings is 2. The fraction of sp³-hybridized carbons (Fsp3) is 0.308. The van der Waals surface area contributed by atoms with Crippen LogP contribution in [0, 0.1) is 5.82 Å². The highest BCUT2D eigenvalue weighted by atomic mass is 19.1. The number of hydrogen-bond acceptors (Lipinski definition) is 1. The minimum Gasteiger partial charge on any atom is -0.253 e. The summed E-state index contributed by atoms with van der Waals surface area (Å²) in [5.41, 5.74) is 3.29. The normalized spacial score (nSPS) is 12.7. The molecule has 0 unspecified atom stereocenters. The van der Waals surface area contributed by atoms with Gasteiger partial charge >= 0.3 is 0 Å². The lowest BCUT2D eigenvalue weighted by molar-refractivity contribution is -0.606. The zero-order valence-corrected chi connectivity index (χ0v) is 18.0. The van der Waals surface area contributed by atoms with Crippen molar-refractivity contribution in [2.45, 2.75) is 52.4 Å². The van der Waals surface area contributed by atoms with Crippen molar-refractivity contribution in [3.63, 3.8) is 0 Å². The van der Waals surface area contributed by atoms with Gasteiger partial charge in [0.15, 0.2) is 12.0 Å². The van der Waals surface area contributed by atoms with E-state index in [1.807, 2.05) is 6.07 Å². The van der Waals surface area contributed by atoms with E-state index in [-0.39, 0.29) is 16.6 Å². The summed E-state index contributed by atoms with van der Waals surface area (Å²) in [5.74, 6) is -0.288. The van der Waals surface area contributed by atoms with Crippen molar-refractivity contribution >= 4 is 21.7 Å². The maximum Gasteiger partial charge on any atom is 0.214 e. The van der Waals surface area contributed by atoms with Crippen molar-refractivity contribution in [3.8, 4) is 5.69 Å². The van der Waals surface area contributed by atoms with Crippen LogP contribution in [0.1, 0.15) is 52.8 Å². The number of halogens is 1. The number of hydrogen-bond donors (Lipinski definition) is 0. The summed E-state index contributed by atoms with van der Waals surface area (Å²) >= 11 is 0. The summed E-state index contributed by atoms with van der Waals surface area (Å²) < 4.78 is 17.3. The van der Waals surface area contributed by atoms with Crippen molar-refractivity contribution in [2.24, 2.45) is 0 Å². The zero-order valence-electron chi connectivity index (χ0n) is 18.0. The lowest BCUT2D eigenvalue weighted by Crippen LogP contribution is -2.41. The molecule has 0 amide bonds. The summed E-state index contributed by atoms with van der Waals surface area (Å²) in [5, 5.41) is 3.24. The molecular formula is C26H28FN2+. The van der Waals surface area contributed by atoms with Gasteiger partial charge in [0.1, 0.15) is 5.52 Å². The van der Waals surface area contributed by atoms with Gasteiger partial charge in [0.2, 0.25) is 11.4 Å². The smallest absolute Gasteiger partial charge is 0.214 e. The molecule has 0 spiro atoms. The number of aromatic nitrogens is 2. The average Bonchev–Trinajstić information content (AvgIpc) is 2.65. The van der Waals surface area contributed by atoms with Crippen LogP contribution >= 0.6 is 0 Å². The Balaban J connectivity index is 2.09. The molecule has 0 fully saturated rings. The highest BCUT2D eigenvalue weighted by Gasteiger charge is 2.30. The number of rotatable bonds is 1. The second kappa shape index (κ2) is 6.62. The molecule has 0 aliphatic carbocycles. The largest absolute Gasteiger partial charge is 0.253 e. The number of fused-ring (bicyclic) bond motifs is 2. The third-order valence-corrected chi connectivity index (χ3v) is 5.44. The van der Waals surface area contributed by atoms with Crippen LogP contribution in [0.25, 0.3) is 27.4 Å². The van der Waals surface area contributed by atoms with Gasteiger partial charge in [0.25, 0.3) is 0 Å². The molecule has 4 aromatic rings. The van der Waals surface area contributed by atoms with E-state index in [4.69, 9.17) is 0 Å². The summed E-state index contributed by atoms with van der Waals surface area (Å²) in [6.07, 6.45) is 3.76. The molecule has 2 aromatic heterocycles. The number of benzene rings is 2. The molecule has 0 radical (unpaired) electrons. The first kappa shape index (κ1) is 19.5. The summed E-state index contributed by atoms with van der Waals surface area (Å²) in [4.78, 5) is 4.33. The van der Waals surface area contributed by atoms with Gasteiger partial charge in [-0.3, -0.25) is 4.98 Å². The zero-order chi connectivity index (χ0) is 21.0. The molecule has 4 rings (SSSR count). The molecule has 0 bridgehead atoms. The van der Waals surface area contributed by atoms with Crippen LogP contribution in [0.2, 0.25) is 0 Å². The third kappa shape index (κ3) is 3.39. The Morgan fingerprint density at radius 3 is 2.24 bits per heavy atom. The minimum atomic E-state index is -0.288. The van der Waals surface area contributed by atoms with Crippen LogP contribution in [-0.4, -0.2) is 4.98 Å². The van der Waals surface area contributed by atoms with Crippen molar-refractivity contribution in [2.75, 3.05) is 0 Å². The average molecular weight is 388 g/mol. The van der Waals surface area contributed by atoms with Crippen LogP contribution in [0.4, 0.5) is 4.39 Å². The van der Waals surface area contributed by atoms with Gasteiger partial charge in [-0.15, -0.1) is 0 Å².